The summed E-state index contributed by atoms with van der Waals surface area (Å²) in [6.45, 7) is 8.85. The second-order valence-electron chi connectivity index (χ2n) is 6.62. The number of hydrogen-bond acceptors (Lipinski definition) is 3. The van der Waals surface area contributed by atoms with Crippen LogP contribution in [0.3, 0.4) is 0 Å². The highest BCUT2D eigenvalue weighted by atomic mass is 16.5. The summed E-state index contributed by atoms with van der Waals surface area (Å²) in [6.07, 6.45) is 1.10. The third-order valence-corrected chi connectivity index (χ3v) is 5.22. The first-order chi connectivity index (χ1) is 9.26. The van der Waals surface area contributed by atoms with Crippen molar-refractivity contribution >= 4 is 11.9 Å². The molecule has 5 nitrogen and oxygen atoms in total. The van der Waals surface area contributed by atoms with E-state index in [1.165, 1.54) is 0 Å². The molecule has 2 heterocycles. The molecule has 4 atom stereocenters. The number of nitrogens with zero attached hydrogens (tertiary/aromatic N) is 1. The number of piperidine rings is 1. The summed E-state index contributed by atoms with van der Waals surface area (Å²) in [6, 6.07) is 0. The number of carbonyl (C=O) groups excluding carboxylic acids is 1. The van der Waals surface area contributed by atoms with Gasteiger partial charge in [-0.1, -0.05) is 6.92 Å². The lowest BCUT2D eigenvalue weighted by Gasteiger charge is -2.38. The van der Waals surface area contributed by atoms with E-state index in [4.69, 9.17) is 4.74 Å². The Morgan fingerprint density at radius 1 is 1.15 bits per heavy atom. The van der Waals surface area contributed by atoms with Crippen LogP contribution in [-0.2, 0) is 14.3 Å². The van der Waals surface area contributed by atoms with Crippen molar-refractivity contribution in [2.75, 3.05) is 13.1 Å². The maximum Gasteiger partial charge on any atom is 0.309 e. The molecule has 0 saturated carbocycles. The SMILES string of the molecule is CC1OC(C)C(C(=O)N2CCC(C)(C(=O)O)CC2)C1C. The molecule has 0 radical (unpaired) electrons. The van der Waals surface area contributed by atoms with Crippen molar-refractivity contribution in [3.63, 3.8) is 0 Å². The maximum absolute atomic E-state index is 12.6. The fourth-order valence-corrected chi connectivity index (χ4v) is 3.34. The van der Waals surface area contributed by atoms with E-state index in [9.17, 15) is 14.7 Å². The summed E-state index contributed by atoms with van der Waals surface area (Å²) in [5, 5.41) is 9.23. The van der Waals surface area contributed by atoms with Crippen LogP contribution in [0.1, 0.15) is 40.5 Å². The second-order valence-corrected chi connectivity index (χ2v) is 6.62. The molecular formula is C15H25NO4. The van der Waals surface area contributed by atoms with Crippen molar-refractivity contribution in [2.45, 2.75) is 52.7 Å². The number of carboxylic acids is 1. The molecule has 0 bridgehead atoms. The molecular weight excluding hydrogens is 258 g/mol. The molecule has 0 aromatic carbocycles. The van der Waals surface area contributed by atoms with Gasteiger partial charge in [0.1, 0.15) is 0 Å². The summed E-state index contributed by atoms with van der Waals surface area (Å²) in [7, 11) is 0. The van der Waals surface area contributed by atoms with Gasteiger partial charge in [0.25, 0.3) is 0 Å². The van der Waals surface area contributed by atoms with Gasteiger partial charge in [0, 0.05) is 13.1 Å². The summed E-state index contributed by atoms with van der Waals surface area (Å²) < 4.78 is 5.74. The number of likely N-dealkylation sites (tertiary alicyclic amines) is 1. The average Bonchev–Trinajstić information content (AvgIpc) is 2.63. The summed E-state index contributed by atoms with van der Waals surface area (Å²) in [5.74, 6) is -0.518. The molecule has 0 aliphatic carbocycles. The Morgan fingerprint density at radius 2 is 1.70 bits per heavy atom. The predicted octanol–water partition coefficient (Wildman–Crippen LogP) is 1.76. The number of hydrogen-bond donors (Lipinski definition) is 1. The lowest BCUT2D eigenvalue weighted by Crippen LogP contribution is -2.48. The summed E-state index contributed by atoms with van der Waals surface area (Å²) in [4.78, 5) is 25.7. The minimum atomic E-state index is -0.760. The van der Waals surface area contributed by atoms with E-state index >= 15 is 0 Å². The van der Waals surface area contributed by atoms with Crippen LogP contribution in [-0.4, -0.2) is 47.2 Å². The molecule has 2 aliphatic heterocycles. The Morgan fingerprint density at radius 3 is 2.10 bits per heavy atom. The van der Waals surface area contributed by atoms with Crippen LogP contribution in [0, 0.1) is 17.3 Å². The van der Waals surface area contributed by atoms with Gasteiger partial charge in [-0.25, -0.2) is 0 Å². The highest BCUT2D eigenvalue weighted by molar-refractivity contribution is 5.81. The van der Waals surface area contributed by atoms with Gasteiger partial charge in [0.05, 0.1) is 23.5 Å². The zero-order valence-corrected chi connectivity index (χ0v) is 12.8. The van der Waals surface area contributed by atoms with Crippen LogP contribution in [0.15, 0.2) is 0 Å². The van der Waals surface area contributed by atoms with Crippen molar-refractivity contribution in [3.05, 3.63) is 0 Å². The van der Waals surface area contributed by atoms with E-state index in [2.05, 4.69) is 6.92 Å². The Bertz CT molecular complexity index is 401. The van der Waals surface area contributed by atoms with Gasteiger partial charge >= 0.3 is 5.97 Å². The van der Waals surface area contributed by atoms with Gasteiger partial charge < -0.3 is 14.7 Å². The van der Waals surface area contributed by atoms with Crippen LogP contribution in [0.25, 0.3) is 0 Å². The monoisotopic (exact) mass is 283 g/mol. The molecule has 5 heteroatoms. The molecule has 0 spiro atoms. The van der Waals surface area contributed by atoms with E-state index in [-0.39, 0.29) is 30.0 Å². The topological polar surface area (TPSA) is 66.8 Å². The predicted molar refractivity (Wildman–Crippen MR) is 74.2 cm³/mol. The van der Waals surface area contributed by atoms with Crippen molar-refractivity contribution in [3.8, 4) is 0 Å². The van der Waals surface area contributed by atoms with Gasteiger partial charge in [-0.15, -0.1) is 0 Å². The van der Waals surface area contributed by atoms with Crippen molar-refractivity contribution in [1.29, 1.82) is 0 Å². The molecule has 1 amide bonds. The fourth-order valence-electron chi connectivity index (χ4n) is 3.34. The largest absolute Gasteiger partial charge is 0.481 e. The molecule has 20 heavy (non-hydrogen) atoms. The van der Waals surface area contributed by atoms with Crippen molar-refractivity contribution < 1.29 is 19.4 Å². The molecule has 2 fully saturated rings. The van der Waals surface area contributed by atoms with E-state index in [1.807, 2.05) is 18.7 Å². The molecule has 4 unspecified atom stereocenters. The van der Waals surface area contributed by atoms with E-state index in [0.717, 1.165) is 0 Å². The Hall–Kier alpha value is -1.10. The van der Waals surface area contributed by atoms with Crippen molar-refractivity contribution in [1.82, 2.24) is 4.90 Å². The van der Waals surface area contributed by atoms with Crippen LogP contribution in [0.5, 0.6) is 0 Å². The molecule has 0 aromatic rings. The van der Waals surface area contributed by atoms with Crippen LogP contribution >= 0.6 is 0 Å². The minimum Gasteiger partial charge on any atom is -0.481 e. The first-order valence-corrected chi connectivity index (χ1v) is 7.44. The second kappa shape index (κ2) is 5.35. The quantitative estimate of drug-likeness (QED) is 0.838. The van der Waals surface area contributed by atoms with Crippen LogP contribution < -0.4 is 0 Å². The van der Waals surface area contributed by atoms with Crippen LogP contribution in [0.4, 0.5) is 0 Å². The van der Waals surface area contributed by atoms with Gasteiger partial charge in [-0.3, -0.25) is 9.59 Å². The minimum absolute atomic E-state index is 0.0553. The number of amides is 1. The molecule has 0 aromatic heterocycles. The zero-order chi connectivity index (χ0) is 15.1. The number of rotatable bonds is 2. The highest BCUT2D eigenvalue weighted by Gasteiger charge is 2.45. The lowest BCUT2D eigenvalue weighted by atomic mass is 9.79. The Labute approximate surface area is 120 Å². The first kappa shape index (κ1) is 15.3. The smallest absolute Gasteiger partial charge is 0.309 e. The maximum atomic E-state index is 12.6. The standard InChI is InChI=1S/C15H25NO4/c1-9-10(2)20-11(3)12(9)13(17)16-7-5-15(4,6-8-16)14(18)19/h9-12H,5-8H2,1-4H3,(H,18,19). The third kappa shape index (κ3) is 2.55. The Kier molecular flexibility index (Phi) is 4.09. The number of carboxylic acid groups (broad SMARTS) is 1. The van der Waals surface area contributed by atoms with Gasteiger partial charge in [-0.2, -0.15) is 0 Å². The van der Waals surface area contributed by atoms with Gasteiger partial charge in [-0.05, 0) is 39.5 Å². The number of carbonyl (C=O) groups is 2. The van der Waals surface area contributed by atoms with Gasteiger partial charge in [0.15, 0.2) is 0 Å². The zero-order valence-electron chi connectivity index (χ0n) is 12.8. The molecule has 2 saturated heterocycles. The normalized spacial score (nSPS) is 36.9. The van der Waals surface area contributed by atoms with E-state index in [0.29, 0.717) is 25.9 Å². The molecule has 2 aliphatic rings. The van der Waals surface area contributed by atoms with Crippen LogP contribution in [0.2, 0.25) is 0 Å². The average molecular weight is 283 g/mol. The molecule has 1 N–H and O–H groups in total. The van der Waals surface area contributed by atoms with Gasteiger partial charge in [0.2, 0.25) is 5.91 Å². The number of aliphatic carboxylic acids is 1. The third-order valence-electron chi connectivity index (χ3n) is 5.22. The first-order valence-electron chi connectivity index (χ1n) is 7.44. The highest BCUT2D eigenvalue weighted by Crippen LogP contribution is 2.36. The lowest BCUT2D eigenvalue weighted by molar-refractivity contribution is -0.154. The fraction of sp³-hybridized carbons (Fsp3) is 0.867. The van der Waals surface area contributed by atoms with Crippen molar-refractivity contribution in [2.24, 2.45) is 17.3 Å². The van der Waals surface area contributed by atoms with E-state index < -0.39 is 11.4 Å². The summed E-state index contributed by atoms with van der Waals surface area (Å²) in [5.41, 5.74) is -0.687. The molecule has 114 valence electrons. The summed E-state index contributed by atoms with van der Waals surface area (Å²) >= 11 is 0. The number of ether oxygens (including phenoxy) is 1. The Balaban J connectivity index is 2.00. The van der Waals surface area contributed by atoms with E-state index in [1.54, 1.807) is 6.92 Å². The molecule has 2 rings (SSSR count).